The maximum absolute atomic E-state index is 13.0. The summed E-state index contributed by atoms with van der Waals surface area (Å²) in [5.74, 6) is 0.206. The molecule has 1 heterocycles. The molecule has 5 heteroatoms. The van der Waals surface area contributed by atoms with E-state index >= 15 is 0 Å². The van der Waals surface area contributed by atoms with Gasteiger partial charge in [0.25, 0.3) is 0 Å². The van der Waals surface area contributed by atoms with Crippen LogP contribution in [0.3, 0.4) is 0 Å². The summed E-state index contributed by atoms with van der Waals surface area (Å²) in [6.07, 6.45) is 1.54. The number of hydrogen-bond donors (Lipinski definition) is 0. The third-order valence-corrected chi connectivity index (χ3v) is 4.70. The molecular weight excluding hydrogens is 304 g/mol. The highest BCUT2D eigenvalue weighted by molar-refractivity contribution is 5.91. The van der Waals surface area contributed by atoms with Crippen LogP contribution in [0.4, 0.5) is 4.79 Å². The summed E-state index contributed by atoms with van der Waals surface area (Å²) in [4.78, 5) is 28.7. The number of amides is 2. The van der Waals surface area contributed by atoms with Crippen LogP contribution in [-0.4, -0.2) is 53.6 Å². The molecule has 0 atom stereocenters. The van der Waals surface area contributed by atoms with Gasteiger partial charge in [-0.25, -0.2) is 4.79 Å². The number of ether oxygens (including phenoxy) is 1. The molecule has 5 nitrogen and oxygen atoms in total. The van der Waals surface area contributed by atoms with Crippen LogP contribution in [0.5, 0.6) is 0 Å². The zero-order valence-electron chi connectivity index (χ0n) is 14.7. The molecule has 1 aromatic carbocycles. The van der Waals surface area contributed by atoms with Gasteiger partial charge in [-0.3, -0.25) is 4.79 Å². The Labute approximate surface area is 143 Å². The summed E-state index contributed by atoms with van der Waals surface area (Å²) < 4.78 is 5.41. The number of carbonyl (C=O) groups excluding carboxylic acids is 2. The largest absolute Gasteiger partial charge is 0.444 e. The zero-order valence-corrected chi connectivity index (χ0v) is 14.7. The third kappa shape index (κ3) is 3.40. The SMILES string of the molecule is CC(C)(C)OC(=O)N1CCN(C(=O)C2(c3ccccc3)CC2)CC1. The number of piperazine rings is 1. The Balaban J connectivity index is 1.59. The third-order valence-electron chi connectivity index (χ3n) is 4.70. The van der Waals surface area contributed by atoms with Crippen molar-refractivity contribution in [2.24, 2.45) is 0 Å². The van der Waals surface area contributed by atoms with Gasteiger partial charge in [0.1, 0.15) is 5.60 Å². The van der Waals surface area contributed by atoms with E-state index in [1.807, 2.05) is 56.0 Å². The second-order valence-corrected chi connectivity index (χ2v) is 7.71. The summed E-state index contributed by atoms with van der Waals surface area (Å²) in [6, 6.07) is 10.0. The van der Waals surface area contributed by atoms with Gasteiger partial charge < -0.3 is 14.5 Å². The molecule has 1 aliphatic heterocycles. The number of carbonyl (C=O) groups is 2. The molecule has 0 unspecified atom stereocenters. The zero-order chi connectivity index (χ0) is 17.4. The lowest BCUT2D eigenvalue weighted by Gasteiger charge is -2.37. The second-order valence-electron chi connectivity index (χ2n) is 7.71. The van der Waals surface area contributed by atoms with Crippen LogP contribution < -0.4 is 0 Å². The van der Waals surface area contributed by atoms with E-state index in [1.54, 1.807) is 4.90 Å². The van der Waals surface area contributed by atoms with Gasteiger partial charge in [0.05, 0.1) is 5.41 Å². The summed E-state index contributed by atoms with van der Waals surface area (Å²) in [6.45, 7) is 7.81. The average molecular weight is 330 g/mol. The molecule has 0 N–H and O–H groups in total. The Morgan fingerprint density at radius 2 is 1.50 bits per heavy atom. The summed E-state index contributed by atoms with van der Waals surface area (Å²) in [5.41, 5.74) is 0.301. The molecule has 2 fully saturated rings. The van der Waals surface area contributed by atoms with E-state index in [-0.39, 0.29) is 17.4 Å². The van der Waals surface area contributed by atoms with E-state index in [0.29, 0.717) is 26.2 Å². The summed E-state index contributed by atoms with van der Waals surface area (Å²) in [7, 11) is 0. The van der Waals surface area contributed by atoms with Gasteiger partial charge in [0.15, 0.2) is 0 Å². The Kier molecular flexibility index (Phi) is 4.28. The monoisotopic (exact) mass is 330 g/mol. The van der Waals surface area contributed by atoms with Crippen molar-refractivity contribution in [3.8, 4) is 0 Å². The molecule has 130 valence electrons. The van der Waals surface area contributed by atoms with E-state index in [1.165, 1.54) is 0 Å². The van der Waals surface area contributed by atoms with Crippen molar-refractivity contribution in [3.63, 3.8) is 0 Å². The molecule has 3 rings (SSSR count). The first-order valence-electron chi connectivity index (χ1n) is 8.65. The van der Waals surface area contributed by atoms with Crippen LogP contribution in [0.2, 0.25) is 0 Å². The average Bonchev–Trinajstić information content (AvgIpc) is 3.35. The summed E-state index contributed by atoms with van der Waals surface area (Å²) >= 11 is 0. The lowest BCUT2D eigenvalue weighted by Crippen LogP contribution is -2.53. The van der Waals surface area contributed by atoms with Gasteiger partial charge in [-0.2, -0.15) is 0 Å². The normalized spacial score (nSPS) is 19.8. The molecule has 1 aromatic rings. The van der Waals surface area contributed by atoms with E-state index in [4.69, 9.17) is 4.74 Å². The van der Waals surface area contributed by atoms with Crippen LogP contribution in [-0.2, 0) is 14.9 Å². The van der Waals surface area contributed by atoms with Gasteiger partial charge in [-0.05, 0) is 39.2 Å². The first-order chi connectivity index (χ1) is 11.3. The second kappa shape index (κ2) is 6.11. The topological polar surface area (TPSA) is 49.9 Å². The quantitative estimate of drug-likeness (QED) is 0.838. The van der Waals surface area contributed by atoms with E-state index in [0.717, 1.165) is 18.4 Å². The lowest BCUT2D eigenvalue weighted by atomic mass is 9.94. The van der Waals surface area contributed by atoms with Crippen LogP contribution >= 0.6 is 0 Å². The molecule has 0 radical (unpaired) electrons. The molecule has 1 saturated carbocycles. The molecule has 2 amide bonds. The van der Waals surface area contributed by atoms with Gasteiger partial charge in [-0.1, -0.05) is 30.3 Å². The maximum atomic E-state index is 13.0. The molecule has 24 heavy (non-hydrogen) atoms. The number of benzene rings is 1. The lowest BCUT2D eigenvalue weighted by molar-refractivity contribution is -0.135. The first-order valence-corrected chi connectivity index (χ1v) is 8.65. The van der Waals surface area contributed by atoms with Crippen molar-refractivity contribution < 1.29 is 14.3 Å². The van der Waals surface area contributed by atoms with Crippen LogP contribution in [0.15, 0.2) is 30.3 Å². The Morgan fingerprint density at radius 1 is 0.958 bits per heavy atom. The fraction of sp³-hybridized carbons (Fsp3) is 0.579. The molecule has 1 aliphatic carbocycles. The van der Waals surface area contributed by atoms with Crippen molar-refractivity contribution in [1.29, 1.82) is 0 Å². The van der Waals surface area contributed by atoms with Gasteiger partial charge in [0, 0.05) is 26.2 Å². The first kappa shape index (κ1) is 16.8. The molecule has 0 bridgehead atoms. The van der Waals surface area contributed by atoms with E-state index in [9.17, 15) is 9.59 Å². The molecule has 2 aliphatic rings. The maximum Gasteiger partial charge on any atom is 0.410 e. The van der Waals surface area contributed by atoms with Crippen molar-refractivity contribution in [3.05, 3.63) is 35.9 Å². The standard InChI is InChI=1S/C19H26N2O3/c1-18(2,3)24-17(23)21-13-11-20(12-14-21)16(22)19(9-10-19)15-7-5-4-6-8-15/h4-8H,9-14H2,1-3H3. The predicted octanol–water partition coefficient (Wildman–Crippen LogP) is 2.80. The fourth-order valence-electron chi connectivity index (χ4n) is 3.23. The minimum atomic E-state index is -0.491. The van der Waals surface area contributed by atoms with E-state index < -0.39 is 5.60 Å². The van der Waals surface area contributed by atoms with Crippen LogP contribution in [0.25, 0.3) is 0 Å². The molecule has 0 spiro atoms. The highest BCUT2D eigenvalue weighted by Crippen LogP contribution is 2.49. The number of rotatable bonds is 2. The molecule has 0 aromatic heterocycles. The van der Waals surface area contributed by atoms with Crippen molar-refractivity contribution >= 4 is 12.0 Å². The fourth-order valence-corrected chi connectivity index (χ4v) is 3.23. The molecular formula is C19H26N2O3. The smallest absolute Gasteiger partial charge is 0.410 e. The van der Waals surface area contributed by atoms with Crippen LogP contribution in [0.1, 0.15) is 39.2 Å². The summed E-state index contributed by atoms with van der Waals surface area (Å²) in [5, 5.41) is 0. The van der Waals surface area contributed by atoms with Gasteiger partial charge in [0.2, 0.25) is 5.91 Å². The highest BCUT2D eigenvalue weighted by Gasteiger charge is 2.53. The number of nitrogens with zero attached hydrogens (tertiary/aromatic N) is 2. The van der Waals surface area contributed by atoms with Crippen molar-refractivity contribution in [2.75, 3.05) is 26.2 Å². The van der Waals surface area contributed by atoms with E-state index in [2.05, 4.69) is 0 Å². The Hall–Kier alpha value is -2.04. The predicted molar refractivity (Wildman–Crippen MR) is 91.7 cm³/mol. The Morgan fingerprint density at radius 3 is 2.00 bits per heavy atom. The van der Waals surface area contributed by atoms with Crippen molar-refractivity contribution in [2.45, 2.75) is 44.6 Å². The van der Waals surface area contributed by atoms with Crippen LogP contribution in [0, 0.1) is 0 Å². The number of hydrogen-bond acceptors (Lipinski definition) is 3. The highest BCUT2D eigenvalue weighted by atomic mass is 16.6. The minimum Gasteiger partial charge on any atom is -0.444 e. The van der Waals surface area contributed by atoms with Gasteiger partial charge >= 0.3 is 6.09 Å². The molecule has 1 saturated heterocycles. The Bertz CT molecular complexity index is 609. The minimum absolute atomic E-state index is 0.206. The van der Waals surface area contributed by atoms with Gasteiger partial charge in [-0.15, -0.1) is 0 Å². The van der Waals surface area contributed by atoms with Crippen molar-refractivity contribution in [1.82, 2.24) is 9.80 Å².